The average Bonchev–Trinajstić information content (AvgIpc) is 3.33. The van der Waals surface area contributed by atoms with Crippen molar-refractivity contribution >= 4 is 41.3 Å². The third kappa shape index (κ3) is 6.07. The van der Waals surface area contributed by atoms with E-state index in [1.165, 1.54) is 10.4 Å². The van der Waals surface area contributed by atoms with Gasteiger partial charge in [-0.25, -0.2) is 4.98 Å². The number of guanidine groups is 1. The zero-order valence-electron chi connectivity index (χ0n) is 15.8. The summed E-state index contributed by atoms with van der Waals surface area (Å²) in [7, 11) is 3.84. The van der Waals surface area contributed by atoms with E-state index in [0.29, 0.717) is 12.4 Å². The van der Waals surface area contributed by atoms with E-state index >= 15 is 0 Å². The lowest BCUT2D eigenvalue weighted by Crippen LogP contribution is -2.39. The second kappa shape index (κ2) is 10.5. The Hall–Kier alpha value is -1.87. The van der Waals surface area contributed by atoms with Gasteiger partial charge < -0.3 is 14.6 Å². The average molecular weight is 496 g/mol. The molecule has 0 atom stereocenters. The molecule has 0 radical (unpaired) electrons. The van der Waals surface area contributed by atoms with Crippen LogP contribution in [0.3, 0.4) is 0 Å². The van der Waals surface area contributed by atoms with Gasteiger partial charge in [-0.1, -0.05) is 23.8 Å². The number of thiophene rings is 1. The summed E-state index contributed by atoms with van der Waals surface area (Å²) in [5.74, 6) is 1.49. The molecule has 0 saturated carbocycles. The zero-order valence-corrected chi connectivity index (χ0v) is 19.0. The lowest BCUT2D eigenvalue weighted by atomic mass is 10.1. The van der Waals surface area contributed by atoms with Crippen molar-refractivity contribution in [1.82, 2.24) is 15.2 Å². The Morgan fingerprint density at radius 3 is 2.70 bits per heavy atom. The molecule has 27 heavy (non-hydrogen) atoms. The predicted octanol–water partition coefficient (Wildman–Crippen LogP) is 4.58. The Morgan fingerprint density at radius 1 is 1.26 bits per heavy atom. The van der Waals surface area contributed by atoms with Gasteiger partial charge in [0.15, 0.2) is 5.96 Å². The van der Waals surface area contributed by atoms with Crippen molar-refractivity contribution < 1.29 is 4.42 Å². The van der Waals surface area contributed by atoms with Gasteiger partial charge in [-0.05, 0) is 36.9 Å². The minimum Gasteiger partial charge on any atom is -0.444 e. The van der Waals surface area contributed by atoms with E-state index in [1.807, 2.05) is 19.2 Å². The smallest absolute Gasteiger partial charge is 0.226 e. The van der Waals surface area contributed by atoms with Gasteiger partial charge >= 0.3 is 0 Å². The predicted molar refractivity (Wildman–Crippen MR) is 123 cm³/mol. The van der Waals surface area contributed by atoms with Crippen LogP contribution in [-0.4, -0.2) is 36.5 Å². The van der Waals surface area contributed by atoms with Crippen LogP contribution in [0.15, 0.2) is 57.5 Å². The molecule has 3 rings (SSSR count). The van der Waals surface area contributed by atoms with Crippen molar-refractivity contribution in [3.8, 4) is 11.5 Å². The summed E-state index contributed by atoms with van der Waals surface area (Å²) < 4.78 is 5.61. The number of hydrogen-bond acceptors (Lipinski definition) is 4. The molecule has 5 nitrogen and oxygen atoms in total. The molecule has 3 aromatic rings. The molecule has 2 heterocycles. The van der Waals surface area contributed by atoms with Crippen LogP contribution >= 0.6 is 35.3 Å². The fraction of sp³-hybridized carbons (Fsp3) is 0.300. The highest BCUT2D eigenvalue weighted by Crippen LogP contribution is 2.19. The van der Waals surface area contributed by atoms with E-state index in [1.54, 1.807) is 24.6 Å². The first-order valence-corrected chi connectivity index (χ1v) is 9.49. The van der Waals surface area contributed by atoms with Crippen LogP contribution < -0.4 is 5.32 Å². The van der Waals surface area contributed by atoms with E-state index in [-0.39, 0.29) is 24.0 Å². The maximum absolute atomic E-state index is 5.61. The molecule has 1 N–H and O–H groups in total. The monoisotopic (exact) mass is 496 g/mol. The summed E-state index contributed by atoms with van der Waals surface area (Å²) in [6, 6.07) is 12.4. The molecule has 1 aromatic carbocycles. The van der Waals surface area contributed by atoms with Gasteiger partial charge in [0.2, 0.25) is 5.89 Å². The Bertz CT molecular complexity index is 843. The van der Waals surface area contributed by atoms with Gasteiger partial charge in [-0.3, -0.25) is 4.99 Å². The number of aliphatic imine (C=N–C) groups is 1. The molecular weight excluding hydrogens is 471 g/mol. The summed E-state index contributed by atoms with van der Waals surface area (Å²) in [5.41, 5.74) is 3.06. The van der Waals surface area contributed by atoms with Crippen LogP contribution in [0.4, 0.5) is 0 Å². The topological polar surface area (TPSA) is 53.7 Å². The zero-order chi connectivity index (χ0) is 18.4. The van der Waals surface area contributed by atoms with Gasteiger partial charge in [0.25, 0.3) is 0 Å². The number of likely N-dealkylation sites (N-methyl/N-ethyl adjacent to an activating group) is 1. The maximum atomic E-state index is 5.61. The molecule has 0 amide bonds. The second-order valence-corrected chi connectivity index (χ2v) is 7.19. The number of benzene rings is 1. The van der Waals surface area contributed by atoms with Gasteiger partial charge in [0.05, 0.1) is 12.2 Å². The SMILES string of the molecule is CN=C(NCc1coc(-c2ccc(C)cc2)n1)N(C)CCc1cccs1.I. The van der Waals surface area contributed by atoms with Gasteiger partial charge in [-0.15, -0.1) is 35.3 Å². The van der Waals surface area contributed by atoms with Crippen molar-refractivity contribution in [2.24, 2.45) is 4.99 Å². The summed E-state index contributed by atoms with van der Waals surface area (Å²) in [4.78, 5) is 12.4. The minimum atomic E-state index is 0. The lowest BCUT2D eigenvalue weighted by molar-refractivity contribution is 0.485. The number of oxazole rings is 1. The summed E-state index contributed by atoms with van der Waals surface area (Å²) >= 11 is 1.79. The molecule has 0 aliphatic rings. The van der Waals surface area contributed by atoms with Crippen LogP contribution in [0.25, 0.3) is 11.5 Å². The van der Waals surface area contributed by atoms with Crippen LogP contribution in [0, 0.1) is 6.92 Å². The van der Waals surface area contributed by atoms with Crippen LogP contribution in [0.1, 0.15) is 16.1 Å². The maximum Gasteiger partial charge on any atom is 0.226 e. The number of nitrogens with one attached hydrogen (secondary N) is 1. The highest BCUT2D eigenvalue weighted by molar-refractivity contribution is 14.0. The number of halogens is 1. The number of aryl methyl sites for hydroxylation is 1. The highest BCUT2D eigenvalue weighted by atomic mass is 127. The second-order valence-electron chi connectivity index (χ2n) is 6.16. The number of hydrogen-bond donors (Lipinski definition) is 1. The first-order chi connectivity index (χ1) is 12.7. The molecule has 2 aromatic heterocycles. The molecule has 0 spiro atoms. The first-order valence-electron chi connectivity index (χ1n) is 8.61. The fourth-order valence-corrected chi connectivity index (χ4v) is 3.31. The van der Waals surface area contributed by atoms with Crippen LogP contribution in [-0.2, 0) is 13.0 Å². The first kappa shape index (κ1) is 21.4. The molecule has 144 valence electrons. The van der Waals surface area contributed by atoms with Gasteiger partial charge in [0.1, 0.15) is 6.26 Å². The third-order valence-corrected chi connectivity index (χ3v) is 5.06. The van der Waals surface area contributed by atoms with E-state index in [2.05, 4.69) is 56.8 Å². The van der Waals surface area contributed by atoms with E-state index < -0.39 is 0 Å². The Morgan fingerprint density at radius 2 is 2.04 bits per heavy atom. The van der Waals surface area contributed by atoms with Crippen LogP contribution in [0.2, 0.25) is 0 Å². The molecule has 0 aliphatic heterocycles. The normalized spacial score (nSPS) is 11.1. The largest absolute Gasteiger partial charge is 0.444 e. The van der Waals surface area contributed by atoms with Crippen molar-refractivity contribution in [3.05, 3.63) is 64.2 Å². The summed E-state index contributed by atoms with van der Waals surface area (Å²) in [6.45, 7) is 3.55. The Balaban J connectivity index is 0.00000261. The number of nitrogens with zero attached hydrogens (tertiary/aromatic N) is 3. The lowest BCUT2D eigenvalue weighted by Gasteiger charge is -2.21. The van der Waals surface area contributed by atoms with E-state index in [4.69, 9.17) is 4.42 Å². The highest BCUT2D eigenvalue weighted by Gasteiger charge is 2.10. The van der Waals surface area contributed by atoms with E-state index in [9.17, 15) is 0 Å². The van der Waals surface area contributed by atoms with Gasteiger partial charge in [-0.2, -0.15) is 0 Å². The van der Waals surface area contributed by atoms with Gasteiger partial charge in [0, 0.05) is 31.1 Å². The fourth-order valence-electron chi connectivity index (χ4n) is 2.61. The molecule has 0 fully saturated rings. The summed E-state index contributed by atoms with van der Waals surface area (Å²) in [5, 5.41) is 5.46. The number of rotatable bonds is 6. The quantitative estimate of drug-likeness (QED) is 0.309. The minimum absolute atomic E-state index is 0. The number of aromatic nitrogens is 1. The van der Waals surface area contributed by atoms with Crippen molar-refractivity contribution in [2.45, 2.75) is 19.9 Å². The van der Waals surface area contributed by atoms with Crippen LogP contribution in [0.5, 0.6) is 0 Å². The van der Waals surface area contributed by atoms with Crippen molar-refractivity contribution in [3.63, 3.8) is 0 Å². The molecule has 0 aliphatic carbocycles. The standard InChI is InChI=1S/C20H24N4OS.HI/c1-15-6-8-16(9-7-15)19-23-17(14-25-19)13-22-20(21-2)24(3)11-10-18-5-4-12-26-18;/h4-9,12,14H,10-11,13H2,1-3H3,(H,21,22);1H. The molecule has 0 unspecified atom stereocenters. The molecular formula is C20H25IN4OS. The van der Waals surface area contributed by atoms with Crippen molar-refractivity contribution in [2.75, 3.05) is 20.6 Å². The van der Waals surface area contributed by atoms with Crippen molar-refractivity contribution in [1.29, 1.82) is 0 Å². The summed E-state index contributed by atoms with van der Waals surface area (Å²) in [6.07, 6.45) is 2.71. The molecule has 7 heteroatoms. The Labute approximate surface area is 181 Å². The molecule has 0 saturated heterocycles. The van der Waals surface area contributed by atoms with E-state index in [0.717, 1.165) is 30.2 Å². The third-order valence-electron chi connectivity index (χ3n) is 4.12. The Kier molecular flexibility index (Phi) is 8.30. The molecule has 0 bridgehead atoms.